The fourth-order valence-electron chi connectivity index (χ4n) is 2.15. The molecule has 0 spiro atoms. The lowest BCUT2D eigenvalue weighted by Crippen LogP contribution is -2.34. The van der Waals surface area contributed by atoms with Gasteiger partial charge in [0.25, 0.3) is 5.91 Å². The smallest absolute Gasteiger partial charge is 0.338 e. The summed E-state index contributed by atoms with van der Waals surface area (Å²) in [6.07, 6.45) is 0. The molecule has 0 aliphatic rings. The van der Waals surface area contributed by atoms with Crippen molar-refractivity contribution in [2.75, 3.05) is 25.2 Å². The zero-order chi connectivity index (χ0) is 16.7. The molecule has 0 aliphatic heterocycles. The maximum absolute atomic E-state index is 12.3. The first-order valence-corrected chi connectivity index (χ1v) is 7.32. The lowest BCUT2D eigenvalue weighted by Gasteiger charge is -2.20. The third-order valence-corrected chi connectivity index (χ3v) is 3.32. The van der Waals surface area contributed by atoms with E-state index in [1.54, 1.807) is 29.2 Å². The average Bonchev–Trinajstić information content (AvgIpc) is 2.61. The number of hydrogen-bond acceptors (Lipinski definition) is 4. The molecule has 0 atom stereocenters. The highest BCUT2D eigenvalue weighted by atomic mass is 16.5. The molecule has 0 fully saturated rings. The Morgan fingerprint density at radius 2 is 1.78 bits per heavy atom. The van der Waals surface area contributed by atoms with Crippen LogP contribution >= 0.6 is 0 Å². The number of esters is 1. The van der Waals surface area contributed by atoms with Crippen molar-refractivity contribution in [3.8, 4) is 5.75 Å². The van der Waals surface area contributed by atoms with Crippen LogP contribution in [0.5, 0.6) is 5.75 Å². The van der Waals surface area contributed by atoms with Crippen molar-refractivity contribution >= 4 is 17.6 Å². The van der Waals surface area contributed by atoms with Gasteiger partial charge in [0.2, 0.25) is 0 Å². The number of anilines is 1. The van der Waals surface area contributed by atoms with Crippen molar-refractivity contribution < 1.29 is 19.1 Å². The van der Waals surface area contributed by atoms with Gasteiger partial charge in [-0.15, -0.1) is 0 Å². The molecule has 2 aromatic carbocycles. The van der Waals surface area contributed by atoms with Crippen molar-refractivity contribution in [2.24, 2.45) is 0 Å². The number of nitrogens with zero attached hydrogens (tertiary/aromatic N) is 1. The van der Waals surface area contributed by atoms with E-state index in [4.69, 9.17) is 9.47 Å². The van der Waals surface area contributed by atoms with E-state index in [1.807, 2.05) is 37.3 Å². The number of para-hydroxylation sites is 1. The van der Waals surface area contributed by atoms with Gasteiger partial charge in [0, 0.05) is 12.2 Å². The van der Waals surface area contributed by atoms with Gasteiger partial charge in [-0.2, -0.15) is 0 Å². The van der Waals surface area contributed by atoms with E-state index in [-0.39, 0.29) is 12.5 Å². The highest BCUT2D eigenvalue weighted by molar-refractivity contribution is 5.97. The number of likely N-dealkylation sites (N-methyl/N-ethyl adjacent to an activating group) is 1. The Bertz CT molecular complexity index is 670. The van der Waals surface area contributed by atoms with Crippen LogP contribution in [-0.2, 0) is 9.53 Å². The number of rotatable bonds is 6. The Hall–Kier alpha value is -2.82. The number of carbonyl (C=O) groups excluding carboxylic acids is 2. The van der Waals surface area contributed by atoms with E-state index in [2.05, 4.69) is 0 Å². The second-order valence-electron chi connectivity index (χ2n) is 4.78. The van der Waals surface area contributed by atoms with Crippen LogP contribution in [-0.4, -0.2) is 32.1 Å². The lowest BCUT2D eigenvalue weighted by molar-refractivity contribution is -0.121. The van der Waals surface area contributed by atoms with Crippen molar-refractivity contribution in [1.29, 1.82) is 0 Å². The normalized spacial score (nSPS) is 10.0. The molecule has 0 saturated carbocycles. The molecule has 1 amide bonds. The summed E-state index contributed by atoms with van der Waals surface area (Å²) in [4.78, 5) is 25.8. The number of carbonyl (C=O) groups is 2. The first kappa shape index (κ1) is 16.5. The molecule has 2 aromatic rings. The van der Waals surface area contributed by atoms with E-state index in [0.29, 0.717) is 17.9 Å². The molecule has 0 N–H and O–H groups in total. The molecule has 0 heterocycles. The van der Waals surface area contributed by atoms with Gasteiger partial charge in [-0.3, -0.25) is 4.79 Å². The Morgan fingerprint density at radius 1 is 1.04 bits per heavy atom. The van der Waals surface area contributed by atoms with Crippen LogP contribution < -0.4 is 9.64 Å². The second kappa shape index (κ2) is 7.98. The van der Waals surface area contributed by atoms with Gasteiger partial charge in [-0.1, -0.05) is 24.3 Å². The van der Waals surface area contributed by atoms with Gasteiger partial charge in [0.15, 0.2) is 6.61 Å². The third kappa shape index (κ3) is 4.32. The minimum atomic E-state index is -0.554. The first-order chi connectivity index (χ1) is 11.2. The van der Waals surface area contributed by atoms with E-state index >= 15 is 0 Å². The summed E-state index contributed by atoms with van der Waals surface area (Å²) in [7, 11) is 1.52. The molecule has 23 heavy (non-hydrogen) atoms. The molecule has 0 bridgehead atoms. The van der Waals surface area contributed by atoms with Crippen molar-refractivity contribution in [1.82, 2.24) is 0 Å². The van der Waals surface area contributed by atoms with Crippen LogP contribution in [0.2, 0.25) is 0 Å². The average molecular weight is 313 g/mol. The van der Waals surface area contributed by atoms with E-state index in [9.17, 15) is 9.59 Å². The third-order valence-electron chi connectivity index (χ3n) is 3.32. The zero-order valence-electron chi connectivity index (χ0n) is 13.2. The summed E-state index contributed by atoms with van der Waals surface area (Å²) in [5.74, 6) is -0.262. The summed E-state index contributed by atoms with van der Waals surface area (Å²) < 4.78 is 10.2. The van der Waals surface area contributed by atoms with Crippen LogP contribution in [0.1, 0.15) is 17.3 Å². The standard InChI is InChI=1S/C18H19NO4/c1-3-19(15-9-5-4-6-10-15)17(20)13-23-18(21)14-8-7-11-16(12-14)22-2/h4-12H,3,13H2,1-2H3. The predicted molar refractivity (Wildman–Crippen MR) is 87.7 cm³/mol. The molecule has 0 aromatic heterocycles. The van der Waals surface area contributed by atoms with Crippen LogP contribution in [0.15, 0.2) is 54.6 Å². The Labute approximate surface area is 135 Å². The molecule has 0 unspecified atom stereocenters. The minimum absolute atomic E-state index is 0.269. The van der Waals surface area contributed by atoms with Crippen LogP contribution in [0.3, 0.4) is 0 Å². The summed E-state index contributed by atoms with van der Waals surface area (Å²) in [6, 6.07) is 15.9. The lowest BCUT2D eigenvalue weighted by atomic mass is 10.2. The van der Waals surface area contributed by atoms with E-state index in [0.717, 1.165) is 5.69 Å². The van der Waals surface area contributed by atoms with Gasteiger partial charge in [0.1, 0.15) is 5.75 Å². The van der Waals surface area contributed by atoms with Crippen LogP contribution in [0.4, 0.5) is 5.69 Å². The van der Waals surface area contributed by atoms with Crippen molar-refractivity contribution in [3.63, 3.8) is 0 Å². The molecule has 120 valence electrons. The number of hydrogen-bond donors (Lipinski definition) is 0. The van der Waals surface area contributed by atoms with E-state index < -0.39 is 5.97 Å². The summed E-state index contributed by atoms with van der Waals surface area (Å²) >= 11 is 0. The van der Waals surface area contributed by atoms with Gasteiger partial charge in [-0.25, -0.2) is 4.79 Å². The van der Waals surface area contributed by atoms with Gasteiger partial charge in [-0.05, 0) is 37.3 Å². The van der Waals surface area contributed by atoms with Gasteiger partial charge >= 0.3 is 5.97 Å². The van der Waals surface area contributed by atoms with Crippen LogP contribution in [0, 0.1) is 0 Å². The topological polar surface area (TPSA) is 55.8 Å². The molecule has 2 rings (SSSR count). The van der Waals surface area contributed by atoms with Crippen molar-refractivity contribution in [3.05, 3.63) is 60.2 Å². The SMILES string of the molecule is CCN(C(=O)COC(=O)c1cccc(OC)c1)c1ccccc1. The summed E-state index contributed by atoms with van der Waals surface area (Å²) in [5, 5.41) is 0. The van der Waals surface area contributed by atoms with Crippen molar-refractivity contribution in [2.45, 2.75) is 6.92 Å². The summed E-state index contributed by atoms with van der Waals surface area (Å²) in [6.45, 7) is 2.06. The van der Waals surface area contributed by atoms with E-state index in [1.165, 1.54) is 7.11 Å². The Balaban J connectivity index is 1.98. The highest BCUT2D eigenvalue weighted by Gasteiger charge is 2.16. The maximum atomic E-state index is 12.3. The molecular weight excluding hydrogens is 294 g/mol. The first-order valence-electron chi connectivity index (χ1n) is 7.32. The monoisotopic (exact) mass is 313 g/mol. The maximum Gasteiger partial charge on any atom is 0.338 e. The number of ether oxygens (including phenoxy) is 2. The number of methoxy groups -OCH3 is 1. The van der Waals surface area contributed by atoms with Gasteiger partial charge in [0.05, 0.1) is 12.7 Å². The number of amides is 1. The summed E-state index contributed by atoms with van der Waals surface area (Å²) in [5.41, 5.74) is 1.12. The second-order valence-corrected chi connectivity index (χ2v) is 4.78. The zero-order valence-corrected chi connectivity index (χ0v) is 13.2. The fourth-order valence-corrected chi connectivity index (χ4v) is 2.15. The predicted octanol–water partition coefficient (Wildman–Crippen LogP) is 2.91. The molecule has 5 heteroatoms. The molecular formula is C18H19NO4. The molecule has 0 aliphatic carbocycles. The fraction of sp³-hybridized carbons (Fsp3) is 0.222. The minimum Gasteiger partial charge on any atom is -0.497 e. The number of benzene rings is 2. The largest absolute Gasteiger partial charge is 0.497 e. The Morgan fingerprint density at radius 3 is 2.43 bits per heavy atom. The molecule has 0 radical (unpaired) electrons. The molecule has 5 nitrogen and oxygen atoms in total. The quantitative estimate of drug-likeness (QED) is 0.770. The Kier molecular flexibility index (Phi) is 5.74. The van der Waals surface area contributed by atoms with Gasteiger partial charge < -0.3 is 14.4 Å². The molecule has 0 saturated heterocycles. The van der Waals surface area contributed by atoms with Crippen LogP contribution in [0.25, 0.3) is 0 Å². The highest BCUT2D eigenvalue weighted by Crippen LogP contribution is 2.15.